The summed E-state index contributed by atoms with van der Waals surface area (Å²) in [7, 11) is -3.51. The minimum Gasteiger partial charge on any atom is -0.327 e. The Morgan fingerprint density at radius 1 is 1.29 bits per heavy atom. The molecule has 0 bridgehead atoms. The van der Waals surface area contributed by atoms with Gasteiger partial charge < -0.3 is 5.73 Å². The number of sulfonamides is 1. The second kappa shape index (κ2) is 6.05. The molecular weight excluding hydrogens is 331 g/mol. The van der Waals surface area contributed by atoms with Gasteiger partial charge in [-0.05, 0) is 49.3 Å². The van der Waals surface area contributed by atoms with Gasteiger partial charge in [0.25, 0.3) is 0 Å². The predicted octanol–water partition coefficient (Wildman–Crippen LogP) is 2.43. The first-order chi connectivity index (χ1) is 9.39. The Morgan fingerprint density at radius 3 is 2.67 bits per heavy atom. The summed E-state index contributed by atoms with van der Waals surface area (Å²) < 4.78 is 27.0. The van der Waals surface area contributed by atoms with E-state index in [1.807, 2.05) is 13.0 Å². The topological polar surface area (TPSA) is 63.4 Å². The molecule has 1 aliphatic heterocycles. The van der Waals surface area contributed by atoms with Crippen LogP contribution in [0.3, 0.4) is 0 Å². The lowest BCUT2D eigenvalue weighted by Crippen LogP contribution is -2.33. The molecule has 2 N–H and O–H groups in total. The molecule has 1 aromatic carbocycles. The number of nitrogens with two attached hydrogens (primary N) is 1. The zero-order chi connectivity index (χ0) is 14.5. The van der Waals surface area contributed by atoms with E-state index < -0.39 is 10.0 Å². The van der Waals surface area contributed by atoms with E-state index in [0.29, 0.717) is 24.9 Å². The molecule has 4 nitrogen and oxygen atoms in total. The van der Waals surface area contributed by atoms with Gasteiger partial charge in [0, 0.05) is 19.1 Å². The van der Waals surface area contributed by atoms with Crippen molar-refractivity contribution in [2.75, 3.05) is 13.1 Å². The number of benzene rings is 1. The number of nitrogens with zero attached hydrogens (tertiary/aromatic N) is 1. The summed E-state index contributed by atoms with van der Waals surface area (Å²) in [5.74, 6) is 0.705. The van der Waals surface area contributed by atoms with Gasteiger partial charge in [-0.25, -0.2) is 8.42 Å². The van der Waals surface area contributed by atoms with E-state index in [0.717, 1.165) is 18.4 Å². The average Bonchev–Trinajstić information content (AvgIpc) is 2.95. The molecule has 0 spiro atoms. The van der Waals surface area contributed by atoms with Gasteiger partial charge in [0.15, 0.2) is 0 Å². The van der Waals surface area contributed by atoms with Crippen LogP contribution in [0.1, 0.15) is 18.4 Å². The summed E-state index contributed by atoms with van der Waals surface area (Å²) in [5.41, 5.74) is 6.96. The third-order valence-electron chi connectivity index (χ3n) is 4.58. The molecule has 0 amide bonds. The molecule has 1 saturated heterocycles. The lowest BCUT2D eigenvalue weighted by molar-refractivity contribution is 0.427. The molecule has 0 radical (unpaired) electrons. The molecule has 1 heterocycles. The molecule has 1 saturated carbocycles. The molecule has 3 unspecified atom stereocenters. The maximum Gasteiger partial charge on any atom is 0.244 e. The van der Waals surface area contributed by atoms with Crippen molar-refractivity contribution in [3.63, 3.8) is 0 Å². The van der Waals surface area contributed by atoms with Crippen molar-refractivity contribution in [3.8, 4) is 0 Å². The molecule has 1 aromatic rings. The number of fused-ring (bicyclic) bond motifs is 1. The van der Waals surface area contributed by atoms with Gasteiger partial charge in [-0.2, -0.15) is 4.31 Å². The Kier molecular flexibility index (Phi) is 4.90. The molecule has 3 atom stereocenters. The van der Waals surface area contributed by atoms with Crippen LogP contribution in [0, 0.1) is 18.8 Å². The second-order valence-corrected chi connectivity index (χ2v) is 8.23. The van der Waals surface area contributed by atoms with Crippen LogP contribution in [0.4, 0.5) is 0 Å². The number of rotatable bonds is 2. The summed E-state index contributed by atoms with van der Waals surface area (Å²) >= 11 is 6.08. The van der Waals surface area contributed by atoms with Crippen molar-refractivity contribution in [1.29, 1.82) is 0 Å². The highest BCUT2D eigenvalue weighted by atomic mass is 35.5. The van der Waals surface area contributed by atoms with E-state index in [2.05, 4.69) is 0 Å². The van der Waals surface area contributed by atoms with Gasteiger partial charge >= 0.3 is 0 Å². The molecule has 2 fully saturated rings. The van der Waals surface area contributed by atoms with Gasteiger partial charge in [-0.1, -0.05) is 17.7 Å². The minimum atomic E-state index is -3.51. The second-order valence-electron chi connectivity index (χ2n) is 5.92. The van der Waals surface area contributed by atoms with Crippen LogP contribution >= 0.6 is 24.0 Å². The normalized spacial score (nSPS) is 29.2. The van der Waals surface area contributed by atoms with Crippen molar-refractivity contribution in [2.24, 2.45) is 17.6 Å². The summed E-state index contributed by atoms with van der Waals surface area (Å²) in [6.45, 7) is 2.97. The van der Waals surface area contributed by atoms with Crippen molar-refractivity contribution in [1.82, 2.24) is 4.31 Å². The zero-order valence-electron chi connectivity index (χ0n) is 11.8. The molecule has 21 heavy (non-hydrogen) atoms. The fourth-order valence-corrected chi connectivity index (χ4v) is 5.50. The highest BCUT2D eigenvalue weighted by molar-refractivity contribution is 7.89. The number of hydrogen-bond acceptors (Lipinski definition) is 3. The third-order valence-corrected chi connectivity index (χ3v) is 6.90. The van der Waals surface area contributed by atoms with Crippen molar-refractivity contribution in [3.05, 3.63) is 28.8 Å². The average molecular weight is 351 g/mol. The van der Waals surface area contributed by atoms with Crippen LogP contribution in [-0.2, 0) is 10.0 Å². The van der Waals surface area contributed by atoms with Gasteiger partial charge in [0.05, 0.1) is 5.02 Å². The quantitative estimate of drug-likeness (QED) is 0.890. The first-order valence-electron chi connectivity index (χ1n) is 6.91. The van der Waals surface area contributed by atoms with Gasteiger partial charge in [-0.3, -0.25) is 0 Å². The Morgan fingerprint density at radius 2 is 2.00 bits per heavy atom. The summed E-state index contributed by atoms with van der Waals surface area (Å²) in [5, 5.41) is 0.289. The standard InChI is InChI=1S/C14H19ClN2O2S.ClH/c1-9-2-4-12(15)14(6-9)20(18,19)17-7-10-3-5-13(16)11(10)8-17;/h2,4,6,10-11,13H,3,5,7-8,16H2,1H3;1H. The fourth-order valence-electron chi connectivity index (χ4n) is 3.41. The Labute approximate surface area is 137 Å². The summed E-state index contributed by atoms with van der Waals surface area (Å²) in [4.78, 5) is 0.215. The van der Waals surface area contributed by atoms with Crippen LogP contribution in [0.15, 0.2) is 23.1 Å². The van der Waals surface area contributed by atoms with Gasteiger partial charge in [-0.15, -0.1) is 12.4 Å². The third kappa shape index (κ3) is 2.94. The molecule has 1 aliphatic carbocycles. The van der Waals surface area contributed by atoms with E-state index in [1.165, 1.54) is 0 Å². The number of hydrogen-bond donors (Lipinski definition) is 1. The van der Waals surface area contributed by atoms with Crippen LogP contribution in [-0.4, -0.2) is 31.9 Å². The van der Waals surface area contributed by atoms with E-state index in [4.69, 9.17) is 17.3 Å². The predicted molar refractivity (Wildman–Crippen MR) is 86.4 cm³/mol. The van der Waals surface area contributed by atoms with E-state index in [-0.39, 0.29) is 28.4 Å². The molecule has 2 aliphatic rings. The van der Waals surface area contributed by atoms with Crippen LogP contribution in [0.5, 0.6) is 0 Å². The number of aryl methyl sites for hydroxylation is 1. The first kappa shape index (κ1) is 17.0. The maximum atomic E-state index is 12.7. The van der Waals surface area contributed by atoms with Crippen molar-refractivity contribution >= 4 is 34.0 Å². The molecular formula is C14H20Cl2N2O2S. The van der Waals surface area contributed by atoms with Crippen LogP contribution < -0.4 is 5.73 Å². The lowest BCUT2D eigenvalue weighted by atomic mass is 9.98. The van der Waals surface area contributed by atoms with Gasteiger partial charge in [0.1, 0.15) is 4.90 Å². The Hall–Kier alpha value is -0.330. The summed E-state index contributed by atoms with van der Waals surface area (Å²) in [6.07, 6.45) is 2.04. The largest absolute Gasteiger partial charge is 0.327 e. The minimum absolute atomic E-state index is 0. The number of halogens is 2. The molecule has 118 valence electrons. The first-order valence-corrected chi connectivity index (χ1v) is 8.73. The fraction of sp³-hybridized carbons (Fsp3) is 0.571. The highest BCUT2D eigenvalue weighted by Gasteiger charge is 2.45. The Bertz CT molecular complexity index is 636. The Balaban J connectivity index is 0.00000161. The van der Waals surface area contributed by atoms with E-state index in [9.17, 15) is 8.42 Å². The monoisotopic (exact) mass is 350 g/mol. The molecule has 0 aromatic heterocycles. The van der Waals surface area contributed by atoms with E-state index >= 15 is 0 Å². The molecule has 7 heteroatoms. The summed E-state index contributed by atoms with van der Waals surface area (Å²) in [6, 6.07) is 5.24. The van der Waals surface area contributed by atoms with Crippen molar-refractivity contribution in [2.45, 2.75) is 30.7 Å². The van der Waals surface area contributed by atoms with Crippen molar-refractivity contribution < 1.29 is 8.42 Å². The van der Waals surface area contributed by atoms with Crippen LogP contribution in [0.2, 0.25) is 5.02 Å². The SMILES string of the molecule is Cc1ccc(Cl)c(S(=O)(=O)N2CC3CCC(N)C3C2)c1.Cl. The smallest absolute Gasteiger partial charge is 0.244 e. The van der Waals surface area contributed by atoms with Crippen LogP contribution in [0.25, 0.3) is 0 Å². The van der Waals surface area contributed by atoms with Gasteiger partial charge in [0.2, 0.25) is 10.0 Å². The maximum absolute atomic E-state index is 12.7. The van der Waals surface area contributed by atoms with E-state index in [1.54, 1.807) is 16.4 Å². The highest BCUT2D eigenvalue weighted by Crippen LogP contribution is 2.40. The molecule has 3 rings (SSSR count). The lowest BCUT2D eigenvalue weighted by Gasteiger charge is -2.19. The zero-order valence-corrected chi connectivity index (χ0v) is 14.2.